The van der Waals surface area contributed by atoms with Crippen molar-refractivity contribution < 1.29 is 0 Å². The second-order valence-electron chi connectivity index (χ2n) is 22.4. The lowest BCUT2D eigenvalue weighted by Crippen LogP contribution is -2.15. The van der Waals surface area contributed by atoms with Crippen LogP contribution in [0, 0.1) is 0 Å². The number of hydrogen-bond acceptors (Lipinski definition) is 0. The first kappa shape index (κ1) is 42.7. The molecule has 0 nitrogen and oxygen atoms in total. The van der Waals surface area contributed by atoms with Crippen LogP contribution in [-0.4, -0.2) is 12.5 Å². The zero-order chi connectivity index (χ0) is 49.1. The van der Waals surface area contributed by atoms with Gasteiger partial charge >= 0.3 is 0 Å². The Morgan fingerprint density at radius 3 is 1.36 bits per heavy atom. The molecule has 1 aliphatic heterocycles. The molecule has 12 aromatic rings. The molecule has 0 saturated carbocycles. The standard InChI is InChI=1S/C72H54S/c1-71(2)63-24-14-11-21-53(63)55-32-30-47(39-65(55)71)69-58-34-29-46(50-36-35-49(51-19-9-10-20-52(50)51)45-28-27-43-17-7-8-18-44(43)37-45)38-60(58)70(48-31-33-56-54-22-12-15-25-64(54)72(3,4)66(56)40-48)62-42-68-59(41-61(62)69)57-23-13-16-26-67(57)73(68,5)6/h7-42H,1-6H3. The Hall–Kier alpha value is -7.97. The number of rotatable bonds is 4. The van der Waals surface area contributed by atoms with Gasteiger partial charge in [-0.3, -0.25) is 0 Å². The maximum absolute atomic E-state index is 2.64. The molecule has 0 radical (unpaired) electrons. The number of hydrogen-bond donors (Lipinski definition) is 0. The van der Waals surface area contributed by atoms with Crippen LogP contribution in [0.25, 0.3) is 121 Å². The van der Waals surface area contributed by atoms with Gasteiger partial charge in [-0.15, -0.1) is 0 Å². The normalized spacial score (nSPS) is 15.5. The van der Waals surface area contributed by atoms with E-state index in [1.54, 1.807) is 0 Å². The van der Waals surface area contributed by atoms with Crippen LogP contribution in [0.4, 0.5) is 0 Å². The summed E-state index contributed by atoms with van der Waals surface area (Å²) in [5.41, 5.74) is 23.6. The molecule has 0 fully saturated rings. The minimum absolute atomic E-state index is 0.136. The summed E-state index contributed by atoms with van der Waals surface area (Å²) in [5, 5.41) is 10.2. The molecule has 3 aliphatic rings. The van der Waals surface area contributed by atoms with Crippen molar-refractivity contribution in [1.82, 2.24) is 0 Å². The van der Waals surface area contributed by atoms with Crippen molar-refractivity contribution in [3.05, 3.63) is 241 Å². The van der Waals surface area contributed by atoms with E-state index in [0.29, 0.717) is 0 Å². The van der Waals surface area contributed by atoms with Crippen LogP contribution in [0.5, 0.6) is 0 Å². The van der Waals surface area contributed by atoms with Gasteiger partial charge in [-0.1, -0.05) is 204 Å². The summed E-state index contributed by atoms with van der Waals surface area (Å²) in [6.45, 7) is 9.64. The van der Waals surface area contributed by atoms with E-state index in [1.807, 2.05) is 0 Å². The summed E-state index contributed by atoms with van der Waals surface area (Å²) in [7, 11) is -1.32. The van der Waals surface area contributed by atoms with Gasteiger partial charge in [0.2, 0.25) is 0 Å². The van der Waals surface area contributed by atoms with Crippen LogP contribution in [-0.2, 0) is 10.8 Å². The molecule has 0 aromatic heterocycles. The highest BCUT2D eigenvalue weighted by molar-refractivity contribution is 8.33. The first-order chi connectivity index (χ1) is 35.5. The molecule has 1 heteroatoms. The monoisotopic (exact) mass is 950 g/mol. The molecule has 348 valence electrons. The molecule has 0 bridgehead atoms. The largest absolute Gasteiger partial charge is 0.192 e. The number of benzene rings is 12. The molecule has 12 aromatic carbocycles. The van der Waals surface area contributed by atoms with E-state index in [4.69, 9.17) is 0 Å². The van der Waals surface area contributed by atoms with Gasteiger partial charge in [-0.25, -0.2) is 0 Å². The van der Waals surface area contributed by atoms with E-state index in [0.717, 1.165) is 0 Å². The fourth-order valence-electron chi connectivity index (χ4n) is 13.8. The van der Waals surface area contributed by atoms with E-state index >= 15 is 0 Å². The van der Waals surface area contributed by atoms with Crippen molar-refractivity contribution in [3.8, 4) is 77.9 Å². The number of fused-ring (bicyclic) bond motifs is 13. The third-order valence-corrected chi connectivity index (χ3v) is 20.4. The topological polar surface area (TPSA) is 0 Å². The van der Waals surface area contributed by atoms with Gasteiger partial charge in [-0.2, -0.15) is 10.0 Å². The molecule has 2 aliphatic carbocycles. The molecule has 73 heavy (non-hydrogen) atoms. The molecule has 15 rings (SSSR count). The molecule has 0 amide bonds. The maximum atomic E-state index is 2.64. The van der Waals surface area contributed by atoms with Crippen LogP contribution in [0.15, 0.2) is 228 Å². The molecule has 1 heterocycles. The van der Waals surface area contributed by atoms with Crippen molar-refractivity contribution in [2.75, 3.05) is 12.5 Å². The van der Waals surface area contributed by atoms with Crippen molar-refractivity contribution >= 4 is 53.1 Å². The molecular weight excluding hydrogens is 897 g/mol. The van der Waals surface area contributed by atoms with Crippen molar-refractivity contribution in [2.45, 2.75) is 48.3 Å². The minimum atomic E-state index is -1.32. The smallest absolute Gasteiger partial charge is 0.0159 e. The predicted octanol–water partition coefficient (Wildman–Crippen LogP) is 20.0. The highest BCUT2D eigenvalue weighted by Crippen LogP contribution is 2.68. The summed E-state index contributed by atoms with van der Waals surface area (Å²) in [6, 6.07) is 84.0. The quantitative estimate of drug-likeness (QED) is 0.154. The van der Waals surface area contributed by atoms with Crippen LogP contribution < -0.4 is 0 Å². The van der Waals surface area contributed by atoms with Gasteiger partial charge in [0.05, 0.1) is 0 Å². The Morgan fingerprint density at radius 2 is 0.712 bits per heavy atom. The second kappa shape index (κ2) is 15.0. The van der Waals surface area contributed by atoms with Crippen LogP contribution >= 0.6 is 10.0 Å². The Labute approximate surface area is 430 Å². The fraction of sp³-hybridized carbons (Fsp3) is 0.111. The average Bonchev–Trinajstić information content (AvgIpc) is 3.90. The summed E-state index contributed by atoms with van der Waals surface area (Å²) in [6.07, 6.45) is 5.01. The van der Waals surface area contributed by atoms with Gasteiger partial charge in [0, 0.05) is 20.6 Å². The van der Waals surface area contributed by atoms with Gasteiger partial charge in [0.15, 0.2) is 0 Å². The summed E-state index contributed by atoms with van der Waals surface area (Å²) in [4.78, 5) is 2.95. The van der Waals surface area contributed by atoms with E-state index in [2.05, 4.69) is 259 Å². The summed E-state index contributed by atoms with van der Waals surface area (Å²) < 4.78 is 0. The van der Waals surface area contributed by atoms with Crippen molar-refractivity contribution in [2.24, 2.45) is 0 Å². The molecule has 0 unspecified atom stereocenters. The van der Waals surface area contributed by atoms with E-state index in [1.165, 1.54) is 153 Å². The van der Waals surface area contributed by atoms with Crippen molar-refractivity contribution in [1.29, 1.82) is 0 Å². The van der Waals surface area contributed by atoms with Gasteiger partial charge in [0.25, 0.3) is 0 Å². The van der Waals surface area contributed by atoms with Gasteiger partial charge in [0.1, 0.15) is 0 Å². The first-order valence-corrected chi connectivity index (χ1v) is 28.3. The molecule has 0 saturated heterocycles. The molecular formula is C72H54S. The summed E-state index contributed by atoms with van der Waals surface area (Å²) in [5.74, 6) is 0. The minimum Gasteiger partial charge on any atom is -0.192 e. The zero-order valence-corrected chi connectivity index (χ0v) is 43.0. The highest BCUT2D eigenvalue weighted by atomic mass is 32.3. The lowest BCUT2D eigenvalue weighted by atomic mass is 9.79. The van der Waals surface area contributed by atoms with Crippen LogP contribution in [0.1, 0.15) is 49.9 Å². The van der Waals surface area contributed by atoms with Gasteiger partial charge in [-0.05, 0) is 198 Å². The third-order valence-electron chi connectivity index (χ3n) is 17.5. The Balaban J connectivity index is 1.05. The lowest BCUT2D eigenvalue weighted by molar-refractivity contribution is 0.660. The summed E-state index contributed by atoms with van der Waals surface area (Å²) >= 11 is 0. The average molecular weight is 951 g/mol. The zero-order valence-electron chi connectivity index (χ0n) is 42.2. The first-order valence-electron chi connectivity index (χ1n) is 25.9. The van der Waals surface area contributed by atoms with Gasteiger partial charge < -0.3 is 0 Å². The highest BCUT2D eigenvalue weighted by Gasteiger charge is 2.38. The fourth-order valence-corrected chi connectivity index (χ4v) is 16.3. The Kier molecular flexibility index (Phi) is 8.80. The molecule has 0 atom stereocenters. The maximum Gasteiger partial charge on any atom is 0.0159 e. The predicted molar refractivity (Wildman–Crippen MR) is 315 cm³/mol. The third kappa shape index (κ3) is 5.92. The SMILES string of the molecule is CC1(C)c2ccccc2-c2ccc(-c3c4ccc(-c5ccc(-c6ccc7ccccc7c6)c6ccccc56)cc4c(-c4ccc5c(c4)C(C)(C)c4ccccc4-5)c4cc5c(cc34)-c3ccccc3S5(C)C)cc21. The Morgan fingerprint density at radius 1 is 0.260 bits per heavy atom. The van der Waals surface area contributed by atoms with Crippen LogP contribution in [0.2, 0.25) is 0 Å². The van der Waals surface area contributed by atoms with Crippen molar-refractivity contribution in [3.63, 3.8) is 0 Å². The lowest BCUT2D eigenvalue weighted by Gasteiger charge is -2.29. The van der Waals surface area contributed by atoms with E-state index in [9.17, 15) is 0 Å². The van der Waals surface area contributed by atoms with Crippen LogP contribution in [0.3, 0.4) is 0 Å². The molecule has 0 spiro atoms. The molecule has 0 N–H and O–H groups in total. The second-order valence-corrected chi connectivity index (χ2v) is 25.9. The van der Waals surface area contributed by atoms with E-state index < -0.39 is 10.0 Å². The van der Waals surface area contributed by atoms with E-state index in [-0.39, 0.29) is 10.8 Å². The Bertz CT molecular complexity index is 4410.